The Morgan fingerprint density at radius 2 is 1.93 bits per heavy atom. The summed E-state index contributed by atoms with van der Waals surface area (Å²) in [6.07, 6.45) is 1.75. The SMILES string of the molecule is Cn1nc(-c2nccs2)cc1-c1ccc(NC(=O)c2ccccc2F)cc1. The van der Waals surface area contributed by atoms with E-state index in [4.69, 9.17) is 0 Å². The Hall–Kier alpha value is -3.32. The standard InChI is InChI=1S/C20H15FN4OS/c1-25-18(12-17(24-25)20-22-10-11-27-20)13-6-8-14(9-7-13)23-19(26)15-4-2-3-5-16(15)21/h2-12H,1H3,(H,23,26). The average Bonchev–Trinajstić information content (AvgIpc) is 3.32. The molecule has 0 radical (unpaired) electrons. The Bertz CT molecular complexity index is 1090. The van der Waals surface area contributed by atoms with Crippen LogP contribution in [-0.4, -0.2) is 20.7 Å². The number of aryl methyl sites for hydroxylation is 1. The molecule has 1 amide bonds. The predicted octanol–water partition coefficient (Wildman–Crippen LogP) is 4.60. The van der Waals surface area contributed by atoms with Gasteiger partial charge in [-0.2, -0.15) is 5.10 Å². The molecule has 134 valence electrons. The Labute approximate surface area is 159 Å². The number of nitrogens with one attached hydrogen (secondary N) is 1. The number of amides is 1. The number of carbonyl (C=O) groups excluding carboxylic acids is 1. The minimum Gasteiger partial charge on any atom is -0.322 e. The highest BCUT2D eigenvalue weighted by Crippen LogP contribution is 2.27. The summed E-state index contributed by atoms with van der Waals surface area (Å²) in [6.45, 7) is 0. The summed E-state index contributed by atoms with van der Waals surface area (Å²) >= 11 is 1.54. The third-order valence-electron chi connectivity index (χ3n) is 4.09. The van der Waals surface area contributed by atoms with Crippen LogP contribution in [0.3, 0.4) is 0 Å². The molecule has 27 heavy (non-hydrogen) atoms. The van der Waals surface area contributed by atoms with E-state index in [2.05, 4.69) is 15.4 Å². The third kappa shape index (κ3) is 3.50. The zero-order chi connectivity index (χ0) is 18.8. The van der Waals surface area contributed by atoms with Crippen molar-refractivity contribution in [3.05, 3.63) is 77.6 Å². The lowest BCUT2D eigenvalue weighted by Gasteiger charge is -2.07. The van der Waals surface area contributed by atoms with Crippen LogP contribution in [0.15, 0.2) is 66.2 Å². The summed E-state index contributed by atoms with van der Waals surface area (Å²) in [5.74, 6) is -1.02. The van der Waals surface area contributed by atoms with E-state index in [9.17, 15) is 9.18 Å². The van der Waals surface area contributed by atoms with Gasteiger partial charge in [-0.1, -0.05) is 24.3 Å². The maximum Gasteiger partial charge on any atom is 0.258 e. The number of rotatable bonds is 4. The fourth-order valence-corrected chi connectivity index (χ4v) is 3.35. The van der Waals surface area contributed by atoms with Crippen LogP contribution < -0.4 is 5.32 Å². The molecule has 0 saturated heterocycles. The molecule has 0 unspecified atom stereocenters. The summed E-state index contributed by atoms with van der Waals surface area (Å²) in [5.41, 5.74) is 3.32. The van der Waals surface area contributed by atoms with Gasteiger partial charge in [0, 0.05) is 24.3 Å². The molecule has 4 aromatic rings. The van der Waals surface area contributed by atoms with Crippen LogP contribution in [-0.2, 0) is 7.05 Å². The van der Waals surface area contributed by atoms with Gasteiger partial charge in [-0.05, 0) is 35.9 Å². The lowest BCUT2D eigenvalue weighted by molar-refractivity contribution is 0.102. The van der Waals surface area contributed by atoms with E-state index in [1.54, 1.807) is 35.1 Å². The van der Waals surface area contributed by atoms with Crippen molar-refractivity contribution < 1.29 is 9.18 Å². The van der Waals surface area contributed by atoms with E-state index >= 15 is 0 Å². The Morgan fingerprint density at radius 1 is 1.15 bits per heavy atom. The molecular formula is C20H15FN4OS. The first-order valence-corrected chi connectivity index (χ1v) is 9.10. The molecule has 0 aliphatic heterocycles. The van der Waals surface area contributed by atoms with Crippen LogP contribution in [0.5, 0.6) is 0 Å². The largest absolute Gasteiger partial charge is 0.322 e. The molecule has 0 spiro atoms. The Morgan fingerprint density at radius 3 is 2.63 bits per heavy atom. The summed E-state index contributed by atoms with van der Waals surface area (Å²) in [6, 6.07) is 15.2. The molecule has 0 bridgehead atoms. The molecule has 0 aliphatic rings. The van der Waals surface area contributed by atoms with Crippen molar-refractivity contribution in [3.8, 4) is 22.0 Å². The number of hydrogen-bond acceptors (Lipinski definition) is 4. The van der Waals surface area contributed by atoms with Gasteiger partial charge in [-0.15, -0.1) is 11.3 Å². The van der Waals surface area contributed by atoms with Crippen molar-refractivity contribution >= 4 is 22.9 Å². The van der Waals surface area contributed by atoms with Crippen molar-refractivity contribution in [1.29, 1.82) is 0 Å². The normalized spacial score (nSPS) is 10.7. The number of anilines is 1. The van der Waals surface area contributed by atoms with Crippen molar-refractivity contribution in [3.63, 3.8) is 0 Å². The van der Waals surface area contributed by atoms with Gasteiger partial charge in [-0.3, -0.25) is 9.48 Å². The summed E-state index contributed by atoms with van der Waals surface area (Å²) < 4.78 is 15.5. The molecule has 4 rings (SSSR count). The van der Waals surface area contributed by atoms with Gasteiger partial charge in [0.15, 0.2) is 0 Å². The lowest BCUT2D eigenvalue weighted by Crippen LogP contribution is -2.13. The van der Waals surface area contributed by atoms with E-state index in [0.717, 1.165) is 22.0 Å². The van der Waals surface area contributed by atoms with Crippen molar-refractivity contribution in [2.75, 3.05) is 5.32 Å². The molecule has 0 fully saturated rings. The molecule has 0 aliphatic carbocycles. The van der Waals surface area contributed by atoms with E-state index < -0.39 is 11.7 Å². The molecule has 2 heterocycles. The van der Waals surface area contributed by atoms with E-state index in [1.165, 1.54) is 23.5 Å². The lowest BCUT2D eigenvalue weighted by atomic mass is 10.1. The first kappa shape index (κ1) is 17.1. The molecule has 0 saturated carbocycles. The van der Waals surface area contributed by atoms with E-state index in [0.29, 0.717) is 5.69 Å². The van der Waals surface area contributed by atoms with Gasteiger partial charge in [0.1, 0.15) is 16.5 Å². The molecule has 7 heteroatoms. The van der Waals surface area contributed by atoms with Crippen molar-refractivity contribution in [2.24, 2.45) is 7.05 Å². The van der Waals surface area contributed by atoms with E-state index in [1.807, 2.05) is 30.6 Å². The number of aromatic nitrogens is 3. The van der Waals surface area contributed by atoms with Crippen LogP contribution in [0.4, 0.5) is 10.1 Å². The predicted molar refractivity (Wildman–Crippen MR) is 104 cm³/mol. The minimum atomic E-state index is -0.545. The van der Waals surface area contributed by atoms with Crippen molar-refractivity contribution in [1.82, 2.24) is 14.8 Å². The molecule has 1 N–H and O–H groups in total. The number of hydrogen-bond donors (Lipinski definition) is 1. The fourth-order valence-electron chi connectivity index (χ4n) is 2.76. The van der Waals surface area contributed by atoms with Crippen LogP contribution in [0.25, 0.3) is 22.0 Å². The number of nitrogens with zero attached hydrogens (tertiary/aromatic N) is 3. The van der Waals surface area contributed by atoms with Crippen LogP contribution in [0.2, 0.25) is 0 Å². The van der Waals surface area contributed by atoms with Gasteiger partial charge in [0.2, 0.25) is 0 Å². The highest BCUT2D eigenvalue weighted by atomic mass is 32.1. The summed E-state index contributed by atoms with van der Waals surface area (Å²) in [7, 11) is 1.88. The number of benzene rings is 2. The van der Waals surface area contributed by atoms with Crippen LogP contribution >= 0.6 is 11.3 Å². The second-order valence-electron chi connectivity index (χ2n) is 5.89. The second kappa shape index (κ2) is 7.13. The monoisotopic (exact) mass is 378 g/mol. The quantitative estimate of drug-likeness (QED) is 0.564. The number of halogens is 1. The molecule has 2 aromatic heterocycles. The van der Waals surface area contributed by atoms with Gasteiger partial charge < -0.3 is 5.32 Å². The number of thiazole rings is 1. The number of carbonyl (C=O) groups is 1. The van der Waals surface area contributed by atoms with Gasteiger partial charge in [0.25, 0.3) is 5.91 Å². The van der Waals surface area contributed by atoms with E-state index in [-0.39, 0.29) is 5.56 Å². The van der Waals surface area contributed by atoms with Gasteiger partial charge >= 0.3 is 0 Å². The van der Waals surface area contributed by atoms with Crippen LogP contribution in [0, 0.1) is 5.82 Å². The Kier molecular flexibility index (Phi) is 4.52. The third-order valence-corrected chi connectivity index (χ3v) is 4.88. The van der Waals surface area contributed by atoms with Crippen LogP contribution in [0.1, 0.15) is 10.4 Å². The zero-order valence-electron chi connectivity index (χ0n) is 14.4. The smallest absolute Gasteiger partial charge is 0.258 e. The second-order valence-corrected chi connectivity index (χ2v) is 6.78. The Balaban J connectivity index is 1.55. The zero-order valence-corrected chi connectivity index (χ0v) is 15.2. The van der Waals surface area contributed by atoms with Gasteiger partial charge in [0.05, 0.1) is 11.3 Å². The highest BCUT2D eigenvalue weighted by Gasteiger charge is 2.13. The van der Waals surface area contributed by atoms with Gasteiger partial charge in [-0.25, -0.2) is 9.37 Å². The maximum atomic E-state index is 13.7. The first-order valence-electron chi connectivity index (χ1n) is 8.22. The van der Waals surface area contributed by atoms with Crippen molar-refractivity contribution in [2.45, 2.75) is 0 Å². The maximum absolute atomic E-state index is 13.7. The molecule has 2 aromatic carbocycles. The minimum absolute atomic E-state index is 0.0151. The highest BCUT2D eigenvalue weighted by molar-refractivity contribution is 7.13. The fraction of sp³-hybridized carbons (Fsp3) is 0.0500. The molecular weight excluding hydrogens is 363 g/mol. The summed E-state index contributed by atoms with van der Waals surface area (Å²) in [4.78, 5) is 16.5. The summed E-state index contributed by atoms with van der Waals surface area (Å²) in [5, 5.41) is 9.99. The first-order chi connectivity index (χ1) is 13.1. The topological polar surface area (TPSA) is 59.8 Å². The molecule has 0 atom stereocenters. The molecule has 5 nitrogen and oxygen atoms in total. The average molecular weight is 378 g/mol.